The van der Waals surface area contributed by atoms with Crippen LogP contribution in [0.25, 0.3) is 0 Å². The lowest BCUT2D eigenvalue weighted by molar-refractivity contribution is -0.384. The first-order chi connectivity index (χ1) is 12.5. The second-order valence-electron chi connectivity index (χ2n) is 5.97. The Morgan fingerprint density at radius 3 is 2.62 bits per heavy atom. The van der Waals surface area contributed by atoms with Gasteiger partial charge < -0.3 is 15.0 Å². The van der Waals surface area contributed by atoms with Crippen molar-refractivity contribution < 1.29 is 14.5 Å². The standard InChI is InChI=1S/C18H18ClN3O4/c1-12-10-13(19)2-4-16(12)20-18(23)15-11-14(22(24)25)3-5-17(15)21-6-8-26-9-7-21/h2-5,10-11H,6-9H2,1H3,(H,20,23). The van der Waals surface area contributed by atoms with E-state index in [4.69, 9.17) is 16.3 Å². The minimum atomic E-state index is -0.507. The number of non-ortho nitro benzene ring substituents is 1. The van der Waals surface area contributed by atoms with Gasteiger partial charge in [-0.3, -0.25) is 14.9 Å². The second-order valence-corrected chi connectivity index (χ2v) is 6.41. The van der Waals surface area contributed by atoms with Crippen LogP contribution in [-0.2, 0) is 4.74 Å². The fourth-order valence-electron chi connectivity index (χ4n) is 2.86. The molecule has 136 valence electrons. The highest BCUT2D eigenvalue weighted by molar-refractivity contribution is 6.30. The van der Waals surface area contributed by atoms with E-state index in [0.717, 1.165) is 5.56 Å². The van der Waals surface area contributed by atoms with Gasteiger partial charge in [0.1, 0.15) is 0 Å². The van der Waals surface area contributed by atoms with Crippen LogP contribution in [0.1, 0.15) is 15.9 Å². The third kappa shape index (κ3) is 3.95. The van der Waals surface area contributed by atoms with Crippen LogP contribution in [0.2, 0.25) is 5.02 Å². The Balaban J connectivity index is 1.95. The van der Waals surface area contributed by atoms with Crippen LogP contribution >= 0.6 is 11.6 Å². The van der Waals surface area contributed by atoms with Crippen LogP contribution in [-0.4, -0.2) is 37.1 Å². The Labute approximate surface area is 155 Å². The number of aryl methyl sites for hydroxylation is 1. The van der Waals surface area contributed by atoms with E-state index in [0.29, 0.717) is 42.7 Å². The summed E-state index contributed by atoms with van der Waals surface area (Å²) in [5.41, 5.74) is 2.21. The van der Waals surface area contributed by atoms with Crippen molar-refractivity contribution in [1.29, 1.82) is 0 Å². The molecule has 1 aliphatic heterocycles. The number of amides is 1. The molecule has 0 aliphatic carbocycles. The van der Waals surface area contributed by atoms with Gasteiger partial charge in [0, 0.05) is 35.9 Å². The van der Waals surface area contributed by atoms with Crippen LogP contribution in [0.4, 0.5) is 17.1 Å². The summed E-state index contributed by atoms with van der Waals surface area (Å²) in [6.45, 7) is 4.18. The van der Waals surface area contributed by atoms with Gasteiger partial charge >= 0.3 is 0 Å². The first-order valence-electron chi connectivity index (χ1n) is 8.14. The third-order valence-electron chi connectivity index (χ3n) is 4.22. The summed E-state index contributed by atoms with van der Waals surface area (Å²) in [4.78, 5) is 25.5. The molecule has 0 bridgehead atoms. The highest BCUT2D eigenvalue weighted by atomic mass is 35.5. The number of carbonyl (C=O) groups is 1. The molecule has 26 heavy (non-hydrogen) atoms. The number of rotatable bonds is 4. The first-order valence-corrected chi connectivity index (χ1v) is 8.52. The number of hydrogen-bond donors (Lipinski definition) is 1. The molecule has 0 unspecified atom stereocenters. The Kier molecular flexibility index (Phi) is 5.39. The molecule has 2 aromatic carbocycles. The molecule has 0 atom stereocenters. The zero-order valence-electron chi connectivity index (χ0n) is 14.2. The number of nitrogens with zero attached hydrogens (tertiary/aromatic N) is 2. The van der Waals surface area contributed by atoms with E-state index in [1.165, 1.54) is 12.1 Å². The molecule has 1 N–H and O–H groups in total. The summed E-state index contributed by atoms with van der Waals surface area (Å²) in [6, 6.07) is 9.48. The van der Waals surface area contributed by atoms with Crippen molar-refractivity contribution >= 4 is 34.6 Å². The summed E-state index contributed by atoms with van der Waals surface area (Å²) in [5.74, 6) is -0.402. The number of anilines is 2. The minimum Gasteiger partial charge on any atom is -0.378 e. The second kappa shape index (κ2) is 7.72. The summed E-state index contributed by atoms with van der Waals surface area (Å²) in [5, 5.41) is 14.5. The molecule has 8 heteroatoms. The molecule has 0 spiro atoms. The Hall–Kier alpha value is -2.64. The first kappa shape index (κ1) is 18.2. The predicted octanol–water partition coefficient (Wildman–Crippen LogP) is 3.65. The molecule has 1 heterocycles. The lowest BCUT2D eigenvalue weighted by atomic mass is 10.1. The molecule has 1 aliphatic rings. The van der Waals surface area contributed by atoms with Gasteiger partial charge in [0.15, 0.2) is 0 Å². The van der Waals surface area contributed by atoms with Crippen molar-refractivity contribution in [1.82, 2.24) is 0 Å². The third-order valence-corrected chi connectivity index (χ3v) is 4.46. The number of benzene rings is 2. The molecule has 2 aromatic rings. The number of nitro benzene ring substituents is 1. The molecule has 1 amide bonds. The normalized spacial score (nSPS) is 14.2. The van der Waals surface area contributed by atoms with E-state index in [9.17, 15) is 14.9 Å². The van der Waals surface area contributed by atoms with Gasteiger partial charge in [-0.1, -0.05) is 11.6 Å². The maximum atomic E-state index is 12.9. The number of morpholine rings is 1. The van der Waals surface area contributed by atoms with E-state index < -0.39 is 10.8 Å². The quantitative estimate of drug-likeness (QED) is 0.651. The average Bonchev–Trinajstić information content (AvgIpc) is 2.64. The van der Waals surface area contributed by atoms with Gasteiger partial charge in [-0.15, -0.1) is 0 Å². The summed E-state index contributed by atoms with van der Waals surface area (Å²) in [6.07, 6.45) is 0. The molecule has 0 saturated carbocycles. The highest BCUT2D eigenvalue weighted by Gasteiger charge is 2.22. The molecular weight excluding hydrogens is 358 g/mol. The van der Waals surface area contributed by atoms with Crippen molar-refractivity contribution in [3.63, 3.8) is 0 Å². The molecule has 1 saturated heterocycles. The van der Waals surface area contributed by atoms with Crippen LogP contribution < -0.4 is 10.2 Å². The number of halogens is 1. The fraction of sp³-hybridized carbons (Fsp3) is 0.278. The lowest BCUT2D eigenvalue weighted by Gasteiger charge is -2.30. The molecule has 1 fully saturated rings. The minimum absolute atomic E-state index is 0.125. The van der Waals surface area contributed by atoms with Crippen LogP contribution in [0, 0.1) is 17.0 Å². The highest BCUT2D eigenvalue weighted by Crippen LogP contribution is 2.28. The Morgan fingerprint density at radius 1 is 1.23 bits per heavy atom. The number of ether oxygens (including phenoxy) is 1. The fourth-order valence-corrected chi connectivity index (χ4v) is 3.08. The van der Waals surface area contributed by atoms with Crippen molar-refractivity contribution in [3.05, 3.63) is 62.7 Å². The lowest BCUT2D eigenvalue weighted by Crippen LogP contribution is -2.37. The van der Waals surface area contributed by atoms with E-state index in [1.807, 2.05) is 11.8 Å². The van der Waals surface area contributed by atoms with Crippen molar-refractivity contribution in [3.8, 4) is 0 Å². The zero-order valence-corrected chi connectivity index (χ0v) is 15.0. The monoisotopic (exact) mass is 375 g/mol. The van der Waals surface area contributed by atoms with Crippen LogP contribution in [0.15, 0.2) is 36.4 Å². The number of nitrogens with one attached hydrogen (secondary N) is 1. The van der Waals surface area contributed by atoms with Gasteiger partial charge in [0.05, 0.1) is 29.4 Å². The van der Waals surface area contributed by atoms with Crippen LogP contribution in [0.5, 0.6) is 0 Å². The average molecular weight is 376 g/mol. The number of carbonyl (C=O) groups excluding carboxylic acids is 1. The predicted molar refractivity (Wildman–Crippen MR) is 100 cm³/mol. The molecule has 3 rings (SSSR count). The molecule has 0 aromatic heterocycles. The zero-order chi connectivity index (χ0) is 18.7. The van der Waals surface area contributed by atoms with Gasteiger partial charge in [-0.2, -0.15) is 0 Å². The Bertz CT molecular complexity index is 850. The van der Waals surface area contributed by atoms with Crippen molar-refractivity contribution in [2.45, 2.75) is 6.92 Å². The van der Waals surface area contributed by atoms with Gasteiger partial charge in [-0.25, -0.2) is 0 Å². The van der Waals surface area contributed by atoms with Gasteiger partial charge in [-0.05, 0) is 36.8 Å². The van der Waals surface area contributed by atoms with Crippen molar-refractivity contribution in [2.24, 2.45) is 0 Å². The van der Waals surface area contributed by atoms with Gasteiger partial charge in [0.25, 0.3) is 11.6 Å². The number of hydrogen-bond acceptors (Lipinski definition) is 5. The van der Waals surface area contributed by atoms with Gasteiger partial charge in [0.2, 0.25) is 0 Å². The van der Waals surface area contributed by atoms with Crippen LogP contribution in [0.3, 0.4) is 0 Å². The largest absolute Gasteiger partial charge is 0.378 e. The topological polar surface area (TPSA) is 84.7 Å². The number of nitro groups is 1. The maximum Gasteiger partial charge on any atom is 0.270 e. The van der Waals surface area contributed by atoms with E-state index in [-0.39, 0.29) is 11.3 Å². The van der Waals surface area contributed by atoms with E-state index in [1.54, 1.807) is 24.3 Å². The summed E-state index contributed by atoms with van der Waals surface area (Å²) >= 11 is 5.95. The van der Waals surface area contributed by atoms with E-state index >= 15 is 0 Å². The smallest absolute Gasteiger partial charge is 0.270 e. The SMILES string of the molecule is Cc1cc(Cl)ccc1NC(=O)c1cc([N+](=O)[O-])ccc1N1CCOCC1. The molecule has 0 radical (unpaired) electrons. The van der Waals surface area contributed by atoms with E-state index in [2.05, 4.69) is 5.32 Å². The van der Waals surface area contributed by atoms with Crippen molar-refractivity contribution in [2.75, 3.05) is 36.5 Å². The Morgan fingerprint density at radius 2 is 1.96 bits per heavy atom. The summed E-state index contributed by atoms with van der Waals surface area (Å²) < 4.78 is 5.34. The molecule has 7 nitrogen and oxygen atoms in total. The maximum absolute atomic E-state index is 12.9. The summed E-state index contributed by atoms with van der Waals surface area (Å²) in [7, 11) is 0. The molecular formula is C18H18ClN3O4.